The quantitative estimate of drug-likeness (QED) is 0.769. The van der Waals surface area contributed by atoms with E-state index in [1.807, 2.05) is 30.3 Å². The fraction of sp³-hybridized carbons (Fsp3) is 0.438. The number of anilines is 1. The van der Waals surface area contributed by atoms with E-state index in [2.05, 4.69) is 0 Å². The first-order valence-electron chi connectivity index (χ1n) is 7.39. The predicted octanol–water partition coefficient (Wildman–Crippen LogP) is 1.32. The minimum absolute atomic E-state index is 0.00423. The van der Waals surface area contributed by atoms with Crippen LogP contribution in [-0.4, -0.2) is 42.5 Å². The van der Waals surface area contributed by atoms with E-state index in [1.165, 1.54) is 0 Å². The molecule has 0 N–H and O–H groups in total. The van der Waals surface area contributed by atoms with Crippen molar-refractivity contribution in [3.63, 3.8) is 0 Å². The Morgan fingerprint density at radius 3 is 2.91 bits per heavy atom. The average molecular weight is 299 g/mol. The molecule has 0 aromatic heterocycles. The molecule has 1 saturated carbocycles. The van der Waals surface area contributed by atoms with Gasteiger partial charge < -0.3 is 14.5 Å². The lowest BCUT2D eigenvalue weighted by atomic mass is 10.2. The molecule has 0 atom stereocenters. The Labute approximate surface area is 128 Å². The molecule has 0 saturated heterocycles. The molecule has 2 aliphatic rings. The van der Waals surface area contributed by atoms with E-state index in [0.717, 1.165) is 12.8 Å². The molecule has 22 heavy (non-hydrogen) atoms. The minimum Gasteiger partial charge on any atom is -0.482 e. The van der Waals surface area contributed by atoms with E-state index in [0.29, 0.717) is 18.0 Å². The Morgan fingerprint density at radius 1 is 1.41 bits per heavy atom. The third kappa shape index (κ3) is 2.89. The second-order valence-electron chi connectivity index (χ2n) is 5.46. The number of ether oxygens (including phenoxy) is 1. The van der Waals surface area contributed by atoms with Crippen molar-refractivity contribution in [2.75, 3.05) is 24.6 Å². The lowest BCUT2D eigenvalue weighted by Crippen LogP contribution is -2.42. The SMILES string of the molecule is N#CCN(C(=O)CCN1C(=O)COc2ccccc21)C1CC1. The van der Waals surface area contributed by atoms with E-state index in [1.54, 1.807) is 9.80 Å². The van der Waals surface area contributed by atoms with E-state index < -0.39 is 0 Å². The molecule has 3 rings (SSSR count). The summed E-state index contributed by atoms with van der Waals surface area (Å²) < 4.78 is 5.38. The lowest BCUT2D eigenvalue weighted by Gasteiger charge is -2.29. The Bertz CT molecular complexity index is 634. The molecular weight excluding hydrogens is 282 g/mol. The molecule has 114 valence electrons. The van der Waals surface area contributed by atoms with Gasteiger partial charge in [-0.15, -0.1) is 0 Å². The zero-order valence-corrected chi connectivity index (χ0v) is 12.2. The number of nitriles is 1. The number of hydrogen-bond donors (Lipinski definition) is 0. The number of para-hydroxylation sites is 2. The summed E-state index contributed by atoms with van der Waals surface area (Å²) in [4.78, 5) is 27.5. The van der Waals surface area contributed by atoms with Crippen molar-refractivity contribution in [2.45, 2.75) is 25.3 Å². The molecule has 0 bridgehead atoms. The first-order valence-corrected chi connectivity index (χ1v) is 7.39. The summed E-state index contributed by atoms with van der Waals surface area (Å²) in [5, 5.41) is 8.83. The van der Waals surface area contributed by atoms with Gasteiger partial charge in [0.15, 0.2) is 6.61 Å². The minimum atomic E-state index is -0.148. The standard InChI is InChI=1S/C16H17N3O3/c17-8-10-18(12-5-6-12)15(20)7-9-19-13-3-1-2-4-14(13)22-11-16(19)21/h1-4,12H,5-7,9-11H2. The summed E-state index contributed by atoms with van der Waals surface area (Å²) >= 11 is 0. The number of amides is 2. The summed E-state index contributed by atoms with van der Waals surface area (Å²) in [6, 6.07) is 9.55. The van der Waals surface area contributed by atoms with Gasteiger partial charge >= 0.3 is 0 Å². The number of nitrogens with zero attached hydrogens (tertiary/aromatic N) is 3. The van der Waals surface area contributed by atoms with Gasteiger partial charge in [0.2, 0.25) is 5.91 Å². The van der Waals surface area contributed by atoms with E-state index in [4.69, 9.17) is 10.00 Å². The molecule has 1 aliphatic carbocycles. The molecule has 1 heterocycles. The number of benzene rings is 1. The Kier molecular flexibility index (Phi) is 3.96. The van der Waals surface area contributed by atoms with Crippen molar-refractivity contribution in [3.8, 4) is 11.8 Å². The van der Waals surface area contributed by atoms with Crippen LogP contribution < -0.4 is 9.64 Å². The first kappa shape index (κ1) is 14.4. The van der Waals surface area contributed by atoms with Crippen LogP contribution in [0.2, 0.25) is 0 Å². The molecule has 6 heteroatoms. The number of fused-ring (bicyclic) bond motifs is 1. The van der Waals surface area contributed by atoms with Crippen LogP contribution in [0.3, 0.4) is 0 Å². The van der Waals surface area contributed by atoms with Crippen molar-refractivity contribution in [2.24, 2.45) is 0 Å². The fourth-order valence-electron chi connectivity index (χ4n) is 2.63. The van der Waals surface area contributed by atoms with Gasteiger partial charge in [-0.2, -0.15) is 5.26 Å². The monoisotopic (exact) mass is 299 g/mol. The highest BCUT2D eigenvalue weighted by Crippen LogP contribution is 2.32. The van der Waals surface area contributed by atoms with Crippen LogP contribution >= 0.6 is 0 Å². The Morgan fingerprint density at radius 2 is 2.18 bits per heavy atom. The van der Waals surface area contributed by atoms with Crippen LogP contribution in [-0.2, 0) is 9.59 Å². The maximum Gasteiger partial charge on any atom is 0.265 e. The summed E-state index contributed by atoms with van der Waals surface area (Å²) in [6.45, 7) is 0.430. The molecule has 1 fully saturated rings. The maximum absolute atomic E-state index is 12.3. The lowest BCUT2D eigenvalue weighted by molar-refractivity contribution is -0.131. The second kappa shape index (κ2) is 6.06. The highest BCUT2D eigenvalue weighted by Gasteiger charge is 2.33. The van der Waals surface area contributed by atoms with Crippen molar-refractivity contribution in [3.05, 3.63) is 24.3 Å². The maximum atomic E-state index is 12.3. The zero-order chi connectivity index (χ0) is 15.5. The van der Waals surface area contributed by atoms with Crippen molar-refractivity contribution in [1.82, 2.24) is 4.90 Å². The Hall–Kier alpha value is -2.55. The smallest absolute Gasteiger partial charge is 0.265 e. The summed E-state index contributed by atoms with van der Waals surface area (Å²) in [7, 11) is 0. The van der Waals surface area contributed by atoms with Crippen LogP contribution in [0.5, 0.6) is 5.75 Å². The molecule has 0 radical (unpaired) electrons. The predicted molar refractivity (Wildman–Crippen MR) is 79.3 cm³/mol. The van der Waals surface area contributed by atoms with Crippen molar-refractivity contribution < 1.29 is 14.3 Å². The van der Waals surface area contributed by atoms with Gasteiger partial charge in [-0.3, -0.25) is 9.59 Å². The van der Waals surface area contributed by atoms with Crippen LogP contribution in [0.15, 0.2) is 24.3 Å². The fourth-order valence-corrected chi connectivity index (χ4v) is 2.63. The molecule has 0 spiro atoms. The third-order valence-electron chi connectivity index (χ3n) is 3.91. The number of hydrogen-bond acceptors (Lipinski definition) is 4. The van der Waals surface area contributed by atoms with Crippen LogP contribution in [0.1, 0.15) is 19.3 Å². The van der Waals surface area contributed by atoms with Crippen LogP contribution in [0.4, 0.5) is 5.69 Å². The van der Waals surface area contributed by atoms with Gasteiger partial charge in [0, 0.05) is 19.0 Å². The van der Waals surface area contributed by atoms with Crippen LogP contribution in [0, 0.1) is 11.3 Å². The molecule has 1 aromatic rings. The highest BCUT2D eigenvalue weighted by molar-refractivity contribution is 5.98. The van der Waals surface area contributed by atoms with Crippen LogP contribution in [0.25, 0.3) is 0 Å². The number of rotatable bonds is 5. The average Bonchev–Trinajstić information content (AvgIpc) is 3.36. The largest absolute Gasteiger partial charge is 0.482 e. The molecule has 6 nitrogen and oxygen atoms in total. The molecule has 2 amide bonds. The summed E-state index contributed by atoms with van der Waals surface area (Å²) in [6.07, 6.45) is 2.15. The number of carbonyl (C=O) groups is 2. The van der Waals surface area contributed by atoms with Crippen molar-refractivity contribution >= 4 is 17.5 Å². The summed E-state index contributed by atoms with van der Waals surface area (Å²) in [5.74, 6) is 0.441. The van der Waals surface area contributed by atoms with E-state index in [-0.39, 0.29) is 37.4 Å². The van der Waals surface area contributed by atoms with Gasteiger partial charge in [-0.05, 0) is 25.0 Å². The Balaban J connectivity index is 1.67. The van der Waals surface area contributed by atoms with E-state index >= 15 is 0 Å². The molecule has 1 aliphatic heterocycles. The van der Waals surface area contributed by atoms with Gasteiger partial charge in [-0.1, -0.05) is 12.1 Å². The highest BCUT2D eigenvalue weighted by atomic mass is 16.5. The summed E-state index contributed by atoms with van der Waals surface area (Å²) in [5.41, 5.74) is 0.699. The second-order valence-corrected chi connectivity index (χ2v) is 5.46. The van der Waals surface area contributed by atoms with Gasteiger partial charge in [-0.25, -0.2) is 0 Å². The zero-order valence-electron chi connectivity index (χ0n) is 12.2. The topological polar surface area (TPSA) is 73.6 Å². The molecule has 0 unspecified atom stereocenters. The number of carbonyl (C=O) groups excluding carboxylic acids is 2. The van der Waals surface area contributed by atoms with Gasteiger partial charge in [0.1, 0.15) is 12.3 Å². The van der Waals surface area contributed by atoms with Gasteiger partial charge in [0.05, 0.1) is 11.8 Å². The normalized spacial score (nSPS) is 16.5. The van der Waals surface area contributed by atoms with Crippen molar-refractivity contribution in [1.29, 1.82) is 5.26 Å². The molecular formula is C16H17N3O3. The third-order valence-corrected chi connectivity index (χ3v) is 3.91. The first-order chi connectivity index (χ1) is 10.7. The van der Waals surface area contributed by atoms with E-state index in [9.17, 15) is 9.59 Å². The molecule has 1 aromatic carbocycles. The van der Waals surface area contributed by atoms with Gasteiger partial charge in [0.25, 0.3) is 5.91 Å².